The van der Waals surface area contributed by atoms with Crippen molar-refractivity contribution in [3.05, 3.63) is 26.6 Å². The van der Waals surface area contributed by atoms with Gasteiger partial charge in [-0.15, -0.1) is 0 Å². The molecule has 0 radical (unpaired) electrons. The molecule has 0 saturated carbocycles. The third-order valence-corrected chi connectivity index (χ3v) is 4.26. The molecule has 0 aliphatic carbocycles. The van der Waals surface area contributed by atoms with Crippen molar-refractivity contribution < 1.29 is 4.79 Å². The van der Waals surface area contributed by atoms with Crippen LogP contribution in [0.15, 0.2) is 26.1 Å². The average molecular weight is 358 g/mol. The summed E-state index contributed by atoms with van der Waals surface area (Å²) in [6.45, 7) is 0.832. The van der Waals surface area contributed by atoms with Gasteiger partial charge in [0.2, 0.25) is 0 Å². The van der Waals surface area contributed by atoms with Gasteiger partial charge in [0.05, 0.1) is 17.3 Å². The van der Waals surface area contributed by atoms with Crippen LogP contribution < -0.4 is 0 Å². The number of carbonyl (C=O) groups is 1. The van der Waals surface area contributed by atoms with E-state index in [4.69, 9.17) is 0 Å². The Labute approximate surface area is 116 Å². The number of hydrogen-bond acceptors (Lipinski definition) is 2. The maximum absolute atomic E-state index is 12.4. The van der Waals surface area contributed by atoms with Crippen LogP contribution in [0.4, 0.5) is 5.69 Å². The molecular weight excluding hydrogens is 348 g/mol. The van der Waals surface area contributed by atoms with Crippen LogP contribution in [0.5, 0.6) is 0 Å². The number of hydrogen-bond donors (Lipinski definition) is 0. The van der Waals surface area contributed by atoms with E-state index >= 15 is 0 Å². The van der Waals surface area contributed by atoms with Crippen LogP contribution in [0.3, 0.4) is 0 Å². The van der Waals surface area contributed by atoms with Gasteiger partial charge < -0.3 is 4.90 Å². The highest BCUT2D eigenvalue weighted by Crippen LogP contribution is 2.36. The monoisotopic (exact) mass is 356 g/mol. The van der Waals surface area contributed by atoms with Crippen molar-refractivity contribution in [1.29, 1.82) is 0 Å². The summed E-state index contributed by atoms with van der Waals surface area (Å²) in [6, 6.07) is 3.93. The molecule has 2 aliphatic heterocycles. The standard InChI is InChI=1S/C12H10Br2N2O/c13-7-4-9-11(10(14)5-7)15-6-8-2-1-3-16(8)12(9)17/h4-6,8H,1-3H2/t8-/m0/s1. The highest BCUT2D eigenvalue weighted by Gasteiger charge is 2.32. The largest absolute Gasteiger partial charge is 0.331 e. The number of carbonyl (C=O) groups excluding carboxylic acids is 1. The van der Waals surface area contributed by atoms with Crippen molar-refractivity contribution in [2.45, 2.75) is 18.9 Å². The number of rotatable bonds is 0. The molecule has 3 nitrogen and oxygen atoms in total. The number of nitrogens with zero attached hydrogens (tertiary/aromatic N) is 2. The second kappa shape index (κ2) is 4.21. The van der Waals surface area contributed by atoms with E-state index in [0.717, 1.165) is 34.0 Å². The number of aliphatic imine (C=N–C) groups is 1. The first-order valence-corrected chi connectivity index (χ1v) is 7.09. The van der Waals surface area contributed by atoms with E-state index in [1.807, 2.05) is 23.2 Å². The van der Waals surface area contributed by atoms with Gasteiger partial charge in [-0.3, -0.25) is 9.79 Å². The predicted octanol–water partition coefficient (Wildman–Crippen LogP) is 3.53. The van der Waals surface area contributed by atoms with Crippen molar-refractivity contribution in [1.82, 2.24) is 4.90 Å². The highest BCUT2D eigenvalue weighted by molar-refractivity contribution is 9.11. The number of amides is 1. The first kappa shape index (κ1) is 11.4. The third-order valence-electron chi connectivity index (χ3n) is 3.19. The Hall–Kier alpha value is -0.680. The third kappa shape index (κ3) is 1.85. The first-order chi connectivity index (χ1) is 8.16. The lowest BCUT2D eigenvalue weighted by atomic mass is 10.1. The van der Waals surface area contributed by atoms with Gasteiger partial charge in [-0.2, -0.15) is 0 Å². The predicted molar refractivity (Wildman–Crippen MR) is 74.1 cm³/mol. The molecule has 3 rings (SSSR count). The van der Waals surface area contributed by atoms with Crippen LogP contribution >= 0.6 is 31.9 Å². The van der Waals surface area contributed by atoms with E-state index in [-0.39, 0.29) is 11.9 Å². The summed E-state index contributed by atoms with van der Waals surface area (Å²) in [5, 5.41) is 0. The Balaban J connectivity index is 2.18. The Morgan fingerprint density at radius 2 is 2.18 bits per heavy atom. The van der Waals surface area contributed by atoms with E-state index in [1.54, 1.807) is 0 Å². The summed E-state index contributed by atoms with van der Waals surface area (Å²) in [5.74, 6) is 0.0852. The van der Waals surface area contributed by atoms with Gasteiger partial charge in [0.25, 0.3) is 5.91 Å². The number of halogens is 2. The first-order valence-electron chi connectivity index (χ1n) is 5.51. The smallest absolute Gasteiger partial charge is 0.256 e. The number of fused-ring (bicyclic) bond motifs is 2. The minimum absolute atomic E-state index is 0.0852. The molecule has 0 N–H and O–H groups in total. The SMILES string of the molecule is O=C1c2cc(Br)cc(Br)c2N=C[C@@H]2CCCN12. The Morgan fingerprint density at radius 1 is 1.35 bits per heavy atom. The topological polar surface area (TPSA) is 32.7 Å². The van der Waals surface area contributed by atoms with E-state index in [0.29, 0.717) is 5.56 Å². The molecule has 1 saturated heterocycles. The Morgan fingerprint density at radius 3 is 3.00 bits per heavy atom. The van der Waals surface area contributed by atoms with Gasteiger partial charge >= 0.3 is 0 Å². The van der Waals surface area contributed by atoms with Crippen LogP contribution in [0.25, 0.3) is 0 Å². The maximum atomic E-state index is 12.4. The van der Waals surface area contributed by atoms with Crippen molar-refractivity contribution in [2.24, 2.45) is 4.99 Å². The molecule has 1 atom stereocenters. The molecule has 5 heteroatoms. The summed E-state index contributed by atoms with van der Waals surface area (Å²) in [6.07, 6.45) is 3.98. The minimum atomic E-state index is 0.0852. The Kier molecular flexibility index (Phi) is 2.83. The molecule has 1 fully saturated rings. The lowest BCUT2D eigenvalue weighted by molar-refractivity contribution is 0.0775. The molecule has 0 spiro atoms. The molecule has 0 bridgehead atoms. The summed E-state index contributed by atoms with van der Waals surface area (Å²) in [5.41, 5.74) is 1.42. The summed E-state index contributed by atoms with van der Waals surface area (Å²) < 4.78 is 1.75. The second-order valence-electron chi connectivity index (χ2n) is 4.27. The molecule has 1 aromatic carbocycles. The van der Waals surface area contributed by atoms with E-state index < -0.39 is 0 Å². The van der Waals surface area contributed by atoms with Gasteiger partial charge in [0.1, 0.15) is 0 Å². The fourth-order valence-corrected chi connectivity index (χ4v) is 3.70. The van der Waals surface area contributed by atoms with E-state index in [2.05, 4.69) is 36.9 Å². The maximum Gasteiger partial charge on any atom is 0.256 e. The molecule has 17 heavy (non-hydrogen) atoms. The second-order valence-corrected chi connectivity index (χ2v) is 6.04. The van der Waals surface area contributed by atoms with Crippen LogP contribution in [0, 0.1) is 0 Å². The lowest BCUT2D eigenvalue weighted by Gasteiger charge is -2.20. The zero-order valence-corrected chi connectivity index (χ0v) is 12.2. The molecular formula is C12H10Br2N2O. The van der Waals surface area contributed by atoms with Crippen LogP contribution in [0.1, 0.15) is 23.2 Å². The zero-order chi connectivity index (χ0) is 12.0. The van der Waals surface area contributed by atoms with Crippen LogP contribution in [0.2, 0.25) is 0 Å². The molecule has 0 aromatic heterocycles. The van der Waals surface area contributed by atoms with Gasteiger partial charge in [0, 0.05) is 21.7 Å². The fraction of sp³-hybridized carbons (Fsp3) is 0.333. The molecule has 1 aromatic rings. The van der Waals surface area contributed by atoms with Gasteiger partial charge in [-0.25, -0.2) is 0 Å². The minimum Gasteiger partial charge on any atom is -0.331 e. The normalized spacial score (nSPS) is 22.4. The number of benzene rings is 1. The molecule has 0 unspecified atom stereocenters. The van der Waals surface area contributed by atoms with Crippen LogP contribution in [-0.2, 0) is 0 Å². The van der Waals surface area contributed by atoms with Gasteiger partial charge in [0.15, 0.2) is 0 Å². The van der Waals surface area contributed by atoms with Crippen molar-refractivity contribution in [3.63, 3.8) is 0 Å². The van der Waals surface area contributed by atoms with Gasteiger partial charge in [-0.05, 0) is 40.9 Å². The molecule has 1 amide bonds. The van der Waals surface area contributed by atoms with Crippen molar-refractivity contribution in [2.75, 3.05) is 6.54 Å². The Bertz CT molecular complexity index is 527. The molecule has 2 heterocycles. The fourth-order valence-electron chi connectivity index (χ4n) is 2.38. The van der Waals surface area contributed by atoms with Crippen molar-refractivity contribution >= 4 is 49.7 Å². The quantitative estimate of drug-likeness (QED) is 0.699. The summed E-state index contributed by atoms with van der Waals surface area (Å²) >= 11 is 6.87. The van der Waals surface area contributed by atoms with E-state index in [1.165, 1.54) is 0 Å². The highest BCUT2D eigenvalue weighted by atomic mass is 79.9. The lowest BCUT2D eigenvalue weighted by Crippen LogP contribution is -2.35. The zero-order valence-electron chi connectivity index (χ0n) is 8.99. The van der Waals surface area contributed by atoms with Crippen molar-refractivity contribution in [3.8, 4) is 0 Å². The molecule has 88 valence electrons. The van der Waals surface area contributed by atoms with Gasteiger partial charge in [-0.1, -0.05) is 15.9 Å². The summed E-state index contributed by atoms with van der Waals surface area (Å²) in [7, 11) is 0. The van der Waals surface area contributed by atoms with Crippen LogP contribution in [-0.4, -0.2) is 29.6 Å². The average Bonchev–Trinajstić information content (AvgIpc) is 2.69. The molecule has 2 aliphatic rings. The summed E-state index contributed by atoms with van der Waals surface area (Å²) in [4.78, 5) is 18.8. The van der Waals surface area contributed by atoms with E-state index in [9.17, 15) is 4.79 Å².